The highest BCUT2D eigenvalue weighted by Crippen LogP contribution is 2.20. The summed E-state index contributed by atoms with van der Waals surface area (Å²) in [6.07, 6.45) is 2.01. The standard InChI is InChI=1S/C11H21ClN4O2S/c1-8(2)5-11(3,7-13)15-19(17,18)9-6-16(4)10(12)14-9/h6,8,15H,5,7,13H2,1-4H3/t11-/m0/s1. The molecule has 1 atom stereocenters. The van der Waals surface area contributed by atoms with Crippen LogP contribution in [-0.2, 0) is 17.1 Å². The Morgan fingerprint density at radius 1 is 1.58 bits per heavy atom. The second-order valence-corrected chi connectivity index (χ2v) is 7.39. The zero-order valence-electron chi connectivity index (χ0n) is 11.6. The van der Waals surface area contributed by atoms with E-state index in [9.17, 15) is 8.42 Å². The molecule has 0 bridgehead atoms. The number of halogens is 1. The predicted octanol–water partition coefficient (Wildman–Crippen LogP) is 1.12. The van der Waals surface area contributed by atoms with Gasteiger partial charge in [-0.3, -0.25) is 0 Å². The quantitative estimate of drug-likeness (QED) is 0.824. The number of nitrogens with one attached hydrogen (secondary N) is 1. The van der Waals surface area contributed by atoms with E-state index in [2.05, 4.69) is 9.71 Å². The molecule has 0 aromatic carbocycles. The molecule has 1 aromatic heterocycles. The van der Waals surface area contributed by atoms with Crippen molar-refractivity contribution in [2.24, 2.45) is 18.7 Å². The molecule has 1 heterocycles. The van der Waals surface area contributed by atoms with E-state index in [-0.39, 0.29) is 16.9 Å². The van der Waals surface area contributed by atoms with Gasteiger partial charge in [-0.25, -0.2) is 18.1 Å². The van der Waals surface area contributed by atoms with Crippen molar-refractivity contribution in [3.8, 4) is 0 Å². The van der Waals surface area contributed by atoms with Gasteiger partial charge in [-0.1, -0.05) is 13.8 Å². The van der Waals surface area contributed by atoms with E-state index in [4.69, 9.17) is 17.3 Å². The van der Waals surface area contributed by atoms with Crippen LogP contribution in [0.15, 0.2) is 11.2 Å². The van der Waals surface area contributed by atoms with Crippen molar-refractivity contribution in [2.75, 3.05) is 6.54 Å². The third kappa shape index (κ3) is 4.17. The Hall–Kier alpha value is -0.630. The van der Waals surface area contributed by atoms with Gasteiger partial charge in [0.15, 0.2) is 5.03 Å². The maximum Gasteiger partial charge on any atom is 0.260 e. The van der Waals surface area contributed by atoms with Crippen molar-refractivity contribution >= 4 is 21.6 Å². The molecular formula is C11H21ClN4O2S. The van der Waals surface area contributed by atoms with E-state index in [1.165, 1.54) is 10.8 Å². The lowest BCUT2D eigenvalue weighted by molar-refractivity contribution is 0.344. The van der Waals surface area contributed by atoms with Crippen molar-refractivity contribution in [1.29, 1.82) is 0 Å². The maximum absolute atomic E-state index is 12.3. The number of nitrogens with two attached hydrogens (primary N) is 1. The van der Waals surface area contributed by atoms with E-state index in [0.29, 0.717) is 12.3 Å². The number of hydrogen-bond acceptors (Lipinski definition) is 4. The van der Waals surface area contributed by atoms with Crippen LogP contribution in [0.1, 0.15) is 27.2 Å². The van der Waals surface area contributed by atoms with Crippen molar-refractivity contribution in [1.82, 2.24) is 14.3 Å². The number of nitrogens with zero attached hydrogens (tertiary/aromatic N) is 2. The lowest BCUT2D eigenvalue weighted by atomic mass is 9.92. The van der Waals surface area contributed by atoms with Crippen LogP contribution < -0.4 is 10.5 Å². The second-order valence-electron chi connectivity index (χ2n) is 5.43. The second kappa shape index (κ2) is 5.78. The molecule has 8 heteroatoms. The summed E-state index contributed by atoms with van der Waals surface area (Å²) in [6.45, 7) is 6.03. The Morgan fingerprint density at radius 2 is 2.16 bits per heavy atom. The third-order valence-electron chi connectivity index (χ3n) is 2.76. The highest BCUT2D eigenvalue weighted by Gasteiger charge is 2.31. The van der Waals surface area contributed by atoms with Gasteiger partial charge in [0, 0.05) is 25.3 Å². The number of aryl methyl sites for hydroxylation is 1. The number of rotatable bonds is 6. The summed E-state index contributed by atoms with van der Waals surface area (Å²) < 4.78 is 28.6. The highest BCUT2D eigenvalue weighted by atomic mass is 35.5. The third-order valence-corrected chi connectivity index (χ3v) is 4.62. The number of aromatic nitrogens is 2. The lowest BCUT2D eigenvalue weighted by Crippen LogP contribution is -2.52. The lowest BCUT2D eigenvalue weighted by Gasteiger charge is -2.30. The number of imidazole rings is 1. The first-order chi connectivity index (χ1) is 8.59. The Balaban J connectivity index is 3.01. The van der Waals surface area contributed by atoms with E-state index >= 15 is 0 Å². The van der Waals surface area contributed by atoms with Crippen LogP contribution in [0.4, 0.5) is 0 Å². The van der Waals surface area contributed by atoms with Gasteiger partial charge in [-0.15, -0.1) is 0 Å². The molecule has 0 saturated heterocycles. The molecule has 0 aliphatic carbocycles. The Kier molecular flexibility index (Phi) is 5.00. The largest absolute Gasteiger partial charge is 0.329 e. The molecule has 3 N–H and O–H groups in total. The Morgan fingerprint density at radius 3 is 2.53 bits per heavy atom. The average molecular weight is 309 g/mol. The normalized spacial score (nSPS) is 15.7. The minimum Gasteiger partial charge on any atom is -0.329 e. The van der Waals surface area contributed by atoms with Gasteiger partial charge < -0.3 is 10.3 Å². The number of sulfonamides is 1. The molecule has 0 unspecified atom stereocenters. The smallest absolute Gasteiger partial charge is 0.260 e. The minimum absolute atomic E-state index is 0.0940. The van der Waals surface area contributed by atoms with Crippen LogP contribution in [0.5, 0.6) is 0 Å². The van der Waals surface area contributed by atoms with Crippen LogP contribution in [0.25, 0.3) is 0 Å². The zero-order chi connectivity index (χ0) is 14.8. The van der Waals surface area contributed by atoms with E-state index in [1.807, 2.05) is 13.8 Å². The summed E-state index contributed by atoms with van der Waals surface area (Å²) in [4.78, 5) is 3.82. The Labute approximate surface area is 119 Å². The molecule has 0 saturated carbocycles. The van der Waals surface area contributed by atoms with Crippen LogP contribution in [0.2, 0.25) is 5.28 Å². The fourth-order valence-corrected chi connectivity index (χ4v) is 3.60. The molecule has 1 aromatic rings. The summed E-state index contributed by atoms with van der Waals surface area (Å²) in [6, 6.07) is 0. The fraction of sp³-hybridized carbons (Fsp3) is 0.727. The summed E-state index contributed by atoms with van der Waals surface area (Å²) in [5, 5.41) is 0.0297. The summed E-state index contributed by atoms with van der Waals surface area (Å²) in [5.41, 5.74) is 5.00. The molecule has 0 amide bonds. The molecule has 0 fully saturated rings. The predicted molar refractivity (Wildman–Crippen MR) is 75.5 cm³/mol. The van der Waals surface area contributed by atoms with Crippen molar-refractivity contribution in [3.05, 3.63) is 11.5 Å². The first-order valence-electron chi connectivity index (χ1n) is 6.02. The van der Waals surface area contributed by atoms with Crippen LogP contribution in [-0.4, -0.2) is 30.1 Å². The molecule has 0 aliphatic heterocycles. The molecule has 110 valence electrons. The summed E-state index contributed by atoms with van der Waals surface area (Å²) in [5.74, 6) is 0.323. The Bertz CT molecular complexity index is 521. The van der Waals surface area contributed by atoms with Gasteiger partial charge in [0.2, 0.25) is 5.28 Å². The first kappa shape index (κ1) is 16.4. The summed E-state index contributed by atoms with van der Waals surface area (Å²) >= 11 is 5.76. The topological polar surface area (TPSA) is 90.0 Å². The van der Waals surface area contributed by atoms with Gasteiger partial charge in [-0.05, 0) is 30.9 Å². The monoisotopic (exact) mass is 308 g/mol. The summed E-state index contributed by atoms with van der Waals surface area (Å²) in [7, 11) is -2.09. The first-order valence-corrected chi connectivity index (χ1v) is 7.88. The van der Waals surface area contributed by atoms with Crippen molar-refractivity contribution in [3.63, 3.8) is 0 Å². The fourth-order valence-electron chi connectivity index (χ4n) is 1.99. The van der Waals surface area contributed by atoms with Crippen LogP contribution in [0, 0.1) is 5.92 Å². The highest BCUT2D eigenvalue weighted by molar-refractivity contribution is 7.89. The molecule has 1 rings (SSSR count). The molecule has 0 radical (unpaired) electrons. The van der Waals surface area contributed by atoms with Crippen LogP contribution in [0.3, 0.4) is 0 Å². The minimum atomic E-state index is -3.72. The zero-order valence-corrected chi connectivity index (χ0v) is 13.2. The van der Waals surface area contributed by atoms with Gasteiger partial charge >= 0.3 is 0 Å². The van der Waals surface area contributed by atoms with Crippen molar-refractivity contribution in [2.45, 2.75) is 37.8 Å². The van der Waals surface area contributed by atoms with Gasteiger partial charge in [-0.2, -0.15) is 0 Å². The van der Waals surface area contributed by atoms with E-state index < -0.39 is 15.6 Å². The molecule has 6 nitrogen and oxygen atoms in total. The van der Waals surface area contributed by atoms with Gasteiger partial charge in [0.05, 0.1) is 0 Å². The molecule has 0 spiro atoms. The van der Waals surface area contributed by atoms with Crippen molar-refractivity contribution < 1.29 is 8.42 Å². The van der Waals surface area contributed by atoms with Gasteiger partial charge in [0.1, 0.15) is 0 Å². The molecule has 0 aliphatic rings. The van der Waals surface area contributed by atoms with E-state index in [0.717, 1.165) is 0 Å². The van der Waals surface area contributed by atoms with Gasteiger partial charge in [0.25, 0.3) is 10.0 Å². The maximum atomic E-state index is 12.3. The average Bonchev–Trinajstić information content (AvgIpc) is 2.58. The van der Waals surface area contributed by atoms with Crippen LogP contribution >= 0.6 is 11.6 Å². The number of hydrogen-bond donors (Lipinski definition) is 2. The SMILES string of the molecule is CC(C)C[C@@](C)(CN)NS(=O)(=O)c1cn(C)c(Cl)n1. The molecular weight excluding hydrogens is 288 g/mol. The van der Waals surface area contributed by atoms with E-state index in [1.54, 1.807) is 14.0 Å². The molecule has 19 heavy (non-hydrogen) atoms.